The van der Waals surface area contributed by atoms with E-state index in [1.807, 2.05) is 25.1 Å². The van der Waals surface area contributed by atoms with Crippen molar-refractivity contribution in [2.75, 3.05) is 32.9 Å². The zero-order valence-electron chi connectivity index (χ0n) is 11.3. The molecule has 1 aromatic rings. The van der Waals surface area contributed by atoms with E-state index in [2.05, 4.69) is 21.2 Å². The van der Waals surface area contributed by atoms with Gasteiger partial charge >= 0.3 is 0 Å². The first kappa shape index (κ1) is 16.8. The molecule has 0 aliphatic carbocycles. The van der Waals surface area contributed by atoms with Crippen LogP contribution in [0.2, 0.25) is 5.02 Å². The molecule has 1 rings (SSSR count). The van der Waals surface area contributed by atoms with Crippen molar-refractivity contribution in [1.29, 1.82) is 0 Å². The normalized spacial score (nSPS) is 10.7. The highest BCUT2D eigenvalue weighted by Gasteiger charge is 2.01. The Morgan fingerprint density at radius 3 is 2.84 bits per heavy atom. The van der Waals surface area contributed by atoms with Gasteiger partial charge in [-0.2, -0.15) is 0 Å². The van der Waals surface area contributed by atoms with Crippen molar-refractivity contribution in [3.63, 3.8) is 0 Å². The quantitative estimate of drug-likeness (QED) is 0.649. The molecule has 0 amide bonds. The van der Waals surface area contributed by atoms with Gasteiger partial charge in [0.05, 0.1) is 5.02 Å². The Balaban J connectivity index is 2.03. The van der Waals surface area contributed by atoms with Gasteiger partial charge in [-0.25, -0.2) is 0 Å². The fraction of sp³-hybridized carbons (Fsp3) is 0.571. The Kier molecular flexibility index (Phi) is 9.26. The summed E-state index contributed by atoms with van der Waals surface area (Å²) in [5, 5.41) is 3.97. The van der Waals surface area contributed by atoms with Crippen LogP contribution < -0.4 is 10.1 Å². The SMILES string of the molecule is CCOCCCCNCCOc1cc(Br)ccc1Cl. The van der Waals surface area contributed by atoms with E-state index >= 15 is 0 Å². The maximum atomic E-state index is 6.03. The summed E-state index contributed by atoms with van der Waals surface area (Å²) in [6.07, 6.45) is 2.22. The van der Waals surface area contributed by atoms with E-state index in [9.17, 15) is 0 Å². The molecule has 0 saturated carbocycles. The average Bonchev–Trinajstić information content (AvgIpc) is 2.40. The maximum Gasteiger partial charge on any atom is 0.139 e. The third-order valence-corrected chi connectivity index (χ3v) is 3.33. The van der Waals surface area contributed by atoms with Gasteiger partial charge in [-0.1, -0.05) is 27.5 Å². The summed E-state index contributed by atoms with van der Waals surface area (Å²) in [4.78, 5) is 0. The Labute approximate surface area is 128 Å². The Bertz CT molecular complexity index is 363. The Morgan fingerprint density at radius 2 is 2.05 bits per heavy atom. The fourth-order valence-corrected chi connectivity index (χ4v) is 2.06. The van der Waals surface area contributed by atoms with Crippen molar-refractivity contribution < 1.29 is 9.47 Å². The van der Waals surface area contributed by atoms with Gasteiger partial charge in [0.15, 0.2) is 0 Å². The molecule has 1 aromatic carbocycles. The van der Waals surface area contributed by atoms with Gasteiger partial charge in [0, 0.05) is 24.2 Å². The zero-order valence-corrected chi connectivity index (χ0v) is 13.6. The molecule has 0 unspecified atom stereocenters. The lowest BCUT2D eigenvalue weighted by atomic mass is 10.3. The first-order chi connectivity index (χ1) is 9.24. The van der Waals surface area contributed by atoms with E-state index in [0.29, 0.717) is 17.4 Å². The lowest BCUT2D eigenvalue weighted by Crippen LogP contribution is -2.22. The molecule has 108 valence electrons. The van der Waals surface area contributed by atoms with Crippen LogP contribution in [0.25, 0.3) is 0 Å². The topological polar surface area (TPSA) is 30.5 Å². The number of benzene rings is 1. The summed E-state index contributed by atoms with van der Waals surface area (Å²) >= 11 is 9.42. The van der Waals surface area contributed by atoms with Gasteiger partial charge in [-0.15, -0.1) is 0 Å². The first-order valence-corrected chi connectivity index (χ1v) is 7.77. The summed E-state index contributed by atoms with van der Waals surface area (Å²) in [6.45, 7) is 6.08. The van der Waals surface area contributed by atoms with E-state index in [4.69, 9.17) is 21.1 Å². The predicted molar refractivity (Wildman–Crippen MR) is 83.2 cm³/mol. The first-order valence-electron chi connectivity index (χ1n) is 6.60. The second-order valence-electron chi connectivity index (χ2n) is 4.08. The van der Waals surface area contributed by atoms with Gasteiger partial charge in [0.1, 0.15) is 12.4 Å². The second kappa shape index (κ2) is 10.5. The molecular weight excluding hydrogens is 330 g/mol. The predicted octanol–water partition coefficient (Wildman–Crippen LogP) is 3.89. The Morgan fingerprint density at radius 1 is 1.21 bits per heavy atom. The Hall–Kier alpha value is -0.290. The smallest absolute Gasteiger partial charge is 0.139 e. The van der Waals surface area contributed by atoms with Crippen LogP contribution in [0.15, 0.2) is 22.7 Å². The van der Waals surface area contributed by atoms with Crippen molar-refractivity contribution in [3.05, 3.63) is 27.7 Å². The number of rotatable bonds is 10. The van der Waals surface area contributed by atoms with Crippen LogP contribution in [0.1, 0.15) is 19.8 Å². The highest BCUT2D eigenvalue weighted by molar-refractivity contribution is 9.10. The standard InChI is InChI=1S/C14H21BrClNO2/c1-2-18-9-4-3-7-17-8-10-19-14-11-12(15)5-6-13(14)16/h5-6,11,17H,2-4,7-10H2,1H3. The van der Waals surface area contributed by atoms with Gasteiger partial charge < -0.3 is 14.8 Å². The highest BCUT2D eigenvalue weighted by atomic mass is 79.9. The second-order valence-corrected chi connectivity index (χ2v) is 5.40. The summed E-state index contributed by atoms with van der Waals surface area (Å²) < 4.78 is 11.9. The summed E-state index contributed by atoms with van der Waals surface area (Å²) in [5.41, 5.74) is 0. The molecule has 19 heavy (non-hydrogen) atoms. The van der Waals surface area contributed by atoms with Crippen LogP contribution in [-0.2, 0) is 4.74 Å². The summed E-state index contributed by atoms with van der Waals surface area (Å²) in [7, 11) is 0. The minimum Gasteiger partial charge on any atom is -0.491 e. The number of unbranched alkanes of at least 4 members (excludes halogenated alkanes) is 1. The van der Waals surface area contributed by atoms with E-state index in [1.165, 1.54) is 0 Å². The molecule has 0 aromatic heterocycles. The number of hydrogen-bond donors (Lipinski definition) is 1. The van der Waals surface area contributed by atoms with Crippen LogP contribution in [0.4, 0.5) is 0 Å². The van der Waals surface area contributed by atoms with Crippen molar-refractivity contribution in [2.24, 2.45) is 0 Å². The summed E-state index contributed by atoms with van der Waals surface area (Å²) in [6, 6.07) is 5.60. The molecule has 0 bridgehead atoms. The van der Waals surface area contributed by atoms with Crippen molar-refractivity contribution in [3.8, 4) is 5.75 Å². The van der Waals surface area contributed by atoms with Gasteiger partial charge in [-0.05, 0) is 44.5 Å². The van der Waals surface area contributed by atoms with E-state index in [-0.39, 0.29) is 0 Å². The van der Waals surface area contributed by atoms with Crippen LogP contribution in [0.5, 0.6) is 5.75 Å². The van der Waals surface area contributed by atoms with E-state index in [0.717, 1.165) is 43.6 Å². The van der Waals surface area contributed by atoms with Crippen molar-refractivity contribution in [1.82, 2.24) is 5.32 Å². The van der Waals surface area contributed by atoms with Crippen molar-refractivity contribution >= 4 is 27.5 Å². The van der Waals surface area contributed by atoms with Crippen LogP contribution in [-0.4, -0.2) is 32.9 Å². The molecule has 5 heteroatoms. The van der Waals surface area contributed by atoms with E-state index in [1.54, 1.807) is 0 Å². The third-order valence-electron chi connectivity index (χ3n) is 2.53. The molecule has 0 spiro atoms. The monoisotopic (exact) mass is 349 g/mol. The largest absolute Gasteiger partial charge is 0.491 e. The number of ether oxygens (including phenoxy) is 2. The third kappa shape index (κ3) is 7.78. The molecule has 0 aliphatic rings. The fourth-order valence-electron chi connectivity index (χ4n) is 1.54. The van der Waals surface area contributed by atoms with Gasteiger partial charge in [0.2, 0.25) is 0 Å². The molecule has 0 fully saturated rings. The zero-order chi connectivity index (χ0) is 13.9. The van der Waals surface area contributed by atoms with E-state index < -0.39 is 0 Å². The molecular formula is C14H21BrClNO2. The minimum atomic E-state index is 0.613. The number of hydrogen-bond acceptors (Lipinski definition) is 3. The number of halogens is 2. The molecule has 0 saturated heterocycles. The molecule has 0 atom stereocenters. The highest BCUT2D eigenvalue weighted by Crippen LogP contribution is 2.27. The van der Waals surface area contributed by atoms with Crippen LogP contribution in [0.3, 0.4) is 0 Å². The molecule has 1 N–H and O–H groups in total. The molecule has 3 nitrogen and oxygen atoms in total. The average molecular weight is 351 g/mol. The van der Waals surface area contributed by atoms with Crippen molar-refractivity contribution in [2.45, 2.75) is 19.8 Å². The summed E-state index contributed by atoms with van der Waals surface area (Å²) in [5.74, 6) is 0.717. The lowest BCUT2D eigenvalue weighted by Gasteiger charge is -2.09. The molecule has 0 aliphatic heterocycles. The van der Waals surface area contributed by atoms with Gasteiger partial charge in [-0.3, -0.25) is 0 Å². The number of nitrogens with one attached hydrogen (secondary N) is 1. The van der Waals surface area contributed by atoms with Crippen LogP contribution >= 0.6 is 27.5 Å². The molecule has 0 heterocycles. The van der Waals surface area contributed by atoms with Crippen LogP contribution in [0, 0.1) is 0 Å². The lowest BCUT2D eigenvalue weighted by molar-refractivity contribution is 0.143. The molecule has 0 radical (unpaired) electrons. The maximum absolute atomic E-state index is 6.03. The van der Waals surface area contributed by atoms with Gasteiger partial charge in [0.25, 0.3) is 0 Å². The minimum absolute atomic E-state index is 0.613.